The summed E-state index contributed by atoms with van der Waals surface area (Å²) in [6.45, 7) is 1.07. The third-order valence-electron chi connectivity index (χ3n) is 5.33. The van der Waals surface area contributed by atoms with Crippen molar-refractivity contribution in [1.82, 2.24) is 14.5 Å². The summed E-state index contributed by atoms with van der Waals surface area (Å²) in [5, 5.41) is 8.87. The number of anilines is 1. The second kappa shape index (κ2) is 6.98. The molecule has 7 nitrogen and oxygen atoms in total. The van der Waals surface area contributed by atoms with E-state index < -0.39 is 23.8 Å². The van der Waals surface area contributed by atoms with Crippen molar-refractivity contribution in [3.63, 3.8) is 0 Å². The van der Waals surface area contributed by atoms with Gasteiger partial charge in [0.1, 0.15) is 12.7 Å². The number of aromatic nitrogens is 2. The van der Waals surface area contributed by atoms with E-state index in [2.05, 4.69) is 11.1 Å². The van der Waals surface area contributed by atoms with E-state index in [9.17, 15) is 18.0 Å². The Hall–Kier alpha value is -2.80. The minimum absolute atomic E-state index is 0.139. The Labute approximate surface area is 159 Å². The highest BCUT2D eigenvalue weighted by molar-refractivity contribution is 5.84. The first kappa shape index (κ1) is 18.6. The summed E-state index contributed by atoms with van der Waals surface area (Å²) in [5.41, 5.74) is 6.31. The highest BCUT2D eigenvalue weighted by Crippen LogP contribution is 2.28. The van der Waals surface area contributed by atoms with Crippen LogP contribution in [-0.4, -0.2) is 58.8 Å². The van der Waals surface area contributed by atoms with E-state index in [1.807, 2.05) is 0 Å². The van der Waals surface area contributed by atoms with Crippen molar-refractivity contribution in [2.75, 3.05) is 31.1 Å². The van der Waals surface area contributed by atoms with Crippen LogP contribution in [0.4, 0.5) is 19.1 Å². The maximum atomic E-state index is 13.8. The van der Waals surface area contributed by atoms with Gasteiger partial charge >= 0.3 is 0 Å². The largest absolute Gasteiger partial charge is 0.340 e. The maximum absolute atomic E-state index is 13.8. The number of nitriles is 1. The zero-order valence-corrected chi connectivity index (χ0v) is 15.0. The molecule has 0 bridgehead atoms. The van der Waals surface area contributed by atoms with Gasteiger partial charge in [-0.2, -0.15) is 5.26 Å². The van der Waals surface area contributed by atoms with Gasteiger partial charge in [-0.05, 0) is 6.42 Å². The number of fused-ring (bicyclic) bond motifs is 1. The Bertz CT molecular complexity index is 964. The highest BCUT2D eigenvalue weighted by Gasteiger charge is 2.33. The van der Waals surface area contributed by atoms with Gasteiger partial charge in [0.05, 0.1) is 29.1 Å². The number of alkyl halides is 1. The molecule has 0 radical (unpaired) electrons. The maximum Gasteiger partial charge on any atom is 0.242 e. The number of hydrogen-bond donors (Lipinski definition) is 1. The second-order valence-corrected chi connectivity index (χ2v) is 7.29. The zero-order valence-electron chi connectivity index (χ0n) is 15.0. The molecule has 2 aliphatic heterocycles. The molecule has 2 N–H and O–H groups in total. The summed E-state index contributed by atoms with van der Waals surface area (Å²) in [4.78, 5) is 20.2. The Kier molecular flexibility index (Phi) is 4.63. The number of hydrogen-bond acceptors (Lipinski definition) is 5. The Morgan fingerprint density at radius 3 is 2.68 bits per heavy atom. The van der Waals surface area contributed by atoms with E-state index in [-0.39, 0.29) is 42.4 Å². The molecule has 0 unspecified atom stereocenters. The standard InChI is InChI=1S/C18H19F3N6O/c19-11-1-2-25(8-14(11)23)18-24-15-3-12(20)13(21)4-16(15)27(18)9-17(28)26-6-10(5-22)7-26/h3-4,10-11,14H,1-2,6-9,23H2/t11-,14-/m1/s1. The molecule has 4 rings (SSSR count). The van der Waals surface area contributed by atoms with E-state index in [4.69, 9.17) is 11.0 Å². The van der Waals surface area contributed by atoms with Gasteiger partial charge in [-0.15, -0.1) is 0 Å². The predicted molar refractivity (Wildman–Crippen MR) is 95.0 cm³/mol. The van der Waals surface area contributed by atoms with Crippen LogP contribution in [0.25, 0.3) is 11.0 Å². The van der Waals surface area contributed by atoms with Gasteiger partial charge in [-0.25, -0.2) is 18.2 Å². The van der Waals surface area contributed by atoms with Gasteiger partial charge in [-0.3, -0.25) is 4.79 Å². The van der Waals surface area contributed by atoms with Gasteiger partial charge in [0.15, 0.2) is 11.6 Å². The minimum atomic E-state index is -1.13. The van der Waals surface area contributed by atoms with Crippen LogP contribution in [0.15, 0.2) is 12.1 Å². The normalized spacial score (nSPS) is 23.0. The first-order valence-electron chi connectivity index (χ1n) is 9.04. The molecule has 0 aliphatic carbocycles. The van der Waals surface area contributed by atoms with Crippen molar-refractivity contribution in [3.05, 3.63) is 23.8 Å². The molecule has 0 spiro atoms. The number of halogens is 3. The van der Waals surface area contributed by atoms with Gasteiger partial charge in [-0.1, -0.05) is 0 Å². The van der Waals surface area contributed by atoms with E-state index in [1.165, 1.54) is 9.47 Å². The predicted octanol–water partition coefficient (Wildman–Crippen LogP) is 1.17. The molecule has 10 heteroatoms. The van der Waals surface area contributed by atoms with E-state index in [0.29, 0.717) is 25.6 Å². The molecule has 1 aromatic heterocycles. The molecule has 2 aliphatic rings. The molecule has 2 aromatic rings. The van der Waals surface area contributed by atoms with Gasteiger partial charge in [0.2, 0.25) is 11.9 Å². The van der Waals surface area contributed by atoms with Crippen LogP contribution < -0.4 is 10.6 Å². The van der Waals surface area contributed by atoms with E-state index in [0.717, 1.165) is 12.1 Å². The lowest BCUT2D eigenvalue weighted by molar-refractivity contribution is -0.136. The van der Waals surface area contributed by atoms with Crippen LogP contribution in [0, 0.1) is 28.9 Å². The fourth-order valence-electron chi connectivity index (χ4n) is 3.64. The van der Waals surface area contributed by atoms with Crippen molar-refractivity contribution in [2.24, 2.45) is 11.7 Å². The number of carbonyl (C=O) groups is 1. The van der Waals surface area contributed by atoms with Crippen LogP contribution >= 0.6 is 0 Å². The Morgan fingerprint density at radius 1 is 1.29 bits per heavy atom. The first-order valence-corrected chi connectivity index (χ1v) is 9.04. The SMILES string of the molecule is N#CC1CN(C(=O)Cn2c(N3CC[C@@H](F)[C@H](N)C3)nc3cc(F)c(F)cc32)C1. The van der Waals surface area contributed by atoms with Crippen molar-refractivity contribution >= 4 is 22.9 Å². The molecule has 0 saturated carbocycles. The molecule has 2 atom stereocenters. The highest BCUT2D eigenvalue weighted by atomic mass is 19.2. The Balaban J connectivity index is 1.69. The van der Waals surface area contributed by atoms with Crippen LogP contribution in [0.2, 0.25) is 0 Å². The van der Waals surface area contributed by atoms with Crippen molar-refractivity contribution < 1.29 is 18.0 Å². The summed E-state index contributed by atoms with van der Waals surface area (Å²) in [5.74, 6) is -2.18. The minimum Gasteiger partial charge on any atom is -0.340 e. The molecule has 2 saturated heterocycles. The lowest BCUT2D eigenvalue weighted by Crippen LogP contribution is -2.51. The summed E-state index contributed by atoms with van der Waals surface area (Å²) >= 11 is 0. The topological polar surface area (TPSA) is 91.2 Å². The van der Waals surface area contributed by atoms with Gasteiger partial charge in [0.25, 0.3) is 0 Å². The third-order valence-corrected chi connectivity index (χ3v) is 5.33. The fraction of sp³-hybridized carbons (Fsp3) is 0.500. The average molecular weight is 392 g/mol. The quantitative estimate of drug-likeness (QED) is 0.847. The Morgan fingerprint density at radius 2 is 2.00 bits per heavy atom. The fourth-order valence-corrected chi connectivity index (χ4v) is 3.64. The molecule has 2 fully saturated rings. The van der Waals surface area contributed by atoms with Crippen molar-refractivity contribution in [2.45, 2.75) is 25.2 Å². The number of likely N-dealkylation sites (tertiary alicyclic amines) is 1. The lowest BCUT2D eigenvalue weighted by atomic mass is 10.0. The van der Waals surface area contributed by atoms with E-state index >= 15 is 0 Å². The number of carbonyl (C=O) groups excluding carboxylic acids is 1. The summed E-state index contributed by atoms with van der Waals surface area (Å²) < 4.78 is 42.8. The molecule has 1 amide bonds. The number of piperidine rings is 1. The first-order chi connectivity index (χ1) is 13.4. The lowest BCUT2D eigenvalue weighted by Gasteiger charge is -2.36. The summed E-state index contributed by atoms with van der Waals surface area (Å²) in [7, 11) is 0. The van der Waals surface area contributed by atoms with Gasteiger partial charge < -0.3 is 20.1 Å². The molecule has 1 aromatic carbocycles. The summed E-state index contributed by atoms with van der Waals surface area (Å²) in [6.07, 6.45) is -0.925. The number of rotatable bonds is 3. The second-order valence-electron chi connectivity index (χ2n) is 7.29. The zero-order chi connectivity index (χ0) is 20.0. The van der Waals surface area contributed by atoms with Crippen LogP contribution in [-0.2, 0) is 11.3 Å². The van der Waals surface area contributed by atoms with E-state index in [1.54, 1.807) is 4.90 Å². The molecular weight excluding hydrogens is 373 g/mol. The van der Waals surface area contributed by atoms with Crippen molar-refractivity contribution in [1.29, 1.82) is 5.26 Å². The molecular formula is C18H19F3N6O. The third kappa shape index (κ3) is 3.16. The molecule has 148 valence electrons. The summed E-state index contributed by atoms with van der Waals surface area (Å²) in [6, 6.07) is 3.37. The monoisotopic (exact) mass is 392 g/mol. The van der Waals surface area contributed by atoms with Crippen LogP contribution in [0.3, 0.4) is 0 Å². The van der Waals surface area contributed by atoms with Crippen molar-refractivity contribution in [3.8, 4) is 6.07 Å². The number of amides is 1. The number of nitrogens with zero attached hydrogens (tertiary/aromatic N) is 5. The number of benzene rings is 1. The molecule has 3 heterocycles. The number of nitrogens with two attached hydrogens (primary N) is 1. The smallest absolute Gasteiger partial charge is 0.242 e. The number of imidazole rings is 1. The van der Waals surface area contributed by atoms with Crippen LogP contribution in [0.5, 0.6) is 0 Å². The van der Waals surface area contributed by atoms with Gasteiger partial charge in [0, 0.05) is 38.3 Å². The average Bonchev–Trinajstić information content (AvgIpc) is 2.94. The molecule has 28 heavy (non-hydrogen) atoms. The van der Waals surface area contributed by atoms with Crippen LogP contribution in [0.1, 0.15) is 6.42 Å².